The predicted molar refractivity (Wildman–Crippen MR) is 114 cm³/mol. The molecule has 2 aliphatic rings. The molecule has 0 saturated heterocycles. The Hall–Kier alpha value is -2.99. The summed E-state index contributed by atoms with van der Waals surface area (Å²) < 4.78 is 10.9. The molecule has 6 nitrogen and oxygen atoms in total. The molecule has 4 heterocycles. The fraction of sp³-hybridized carbons (Fsp3) is 0.375. The molecule has 0 fully saturated rings. The van der Waals surface area contributed by atoms with E-state index in [-0.39, 0.29) is 12.2 Å². The topological polar surface area (TPSA) is 60.4 Å². The Bertz CT molecular complexity index is 1090. The van der Waals surface area contributed by atoms with Crippen LogP contribution in [0.3, 0.4) is 0 Å². The zero-order valence-electron chi connectivity index (χ0n) is 17.7. The van der Waals surface area contributed by atoms with Crippen LogP contribution in [0.25, 0.3) is 11.3 Å². The van der Waals surface area contributed by atoms with Crippen LogP contribution in [-0.4, -0.2) is 33.2 Å². The van der Waals surface area contributed by atoms with Crippen molar-refractivity contribution in [3.63, 3.8) is 0 Å². The molecule has 3 aromatic rings. The third-order valence-electron chi connectivity index (χ3n) is 5.54. The Morgan fingerprint density at radius 3 is 2.77 bits per heavy atom. The van der Waals surface area contributed by atoms with E-state index >= 15 is 0 Å². The van der Waals surface area contributed by atoms with Crippen molar-refractivity contribution >= 4 is 0 Å². The van der Waals surface area contributed by atoms with Gasteiger partial charge in [-0.15, -0.1) is 0 Å². The van der Waals surface area contributed by atoms with Gasteiger partial charge >= 0.3 is 0 Å². The van der Waals surface area contributed by atoms with Crippen molar-refractivity contribution in [3.05, 3.63) is 65.4 Å². The minimum absolute atomic E-state index is 0.0226. The number of fused-ring (bicyclic) bond motifs is 2. The lowest BCUT2D eigenvalue weighted by atomic mass is 9.95. The molecule has 5 rings (SSSR count). The zero-order chi connectivity index (χ0) is 20.7. The molecule has 0 aliphatic carbocycles. The maximum absolute atomic E-state index is 5.50. The van der Waals surface area contributed by atoms with Gasteiger partial charge in [-0.25, -0.2) is 9.97 Å². The maximum Gasteiger partial charge on any atom is 0.231 e. The van der Waals surface area contributed by atoms with Gasteiger partial charge in [-0.3, -0.25) is 9.88 Å². The summed E-state index contributed by atoms with van der Waals surface area (Å²) in [6.45, 7) is 9.38. The Morgan fingerprint density at radius 1 is 1.03 bits per heavy atom. The molecular formula is C24H26N4O2. The lowest BCUT2D eigenvalue weighted by Crippen LogP contribution is -2.32. The second-order valence-corrected chi connectivity index (χ2v) is 8.96. The molecule has 30 heavy (non-hydrogen) atoms. The smallest absolute Gasteiger partial charge is 0.231 e. The van der Waals surface area contributed by atoms with Gasteiger partial charge in [0, 0.05) is 54.5 Å². The summed E-state index contributed by atoms with van der Waals surface area (Å²) in [6.07, 6.45) is 2.95. The maximum atomic E-state index is 5.50. The molecular weight excluding hydrogens is 376 g/mol. The van der Waals surface area contributed by atoms with Crippen LogP contribution >= 0.6 is 0 Å². The van der Waals surface area contributed by atoms with Crippen molar-refractivity contribution in [2.24, 2.45) is 0 Å². The number of rotatable bonds is 3. The van der Waals surface area contributed by atoms with Crippen LogP contribution in [0.1, 0.15) is 43.5 Å². The largest absolute Gasteiger partial charge is 0.454 e. The Labute approximate surface area is 176 Å². The van der Waals surface area contributed by atoms with Crippen LogP contribution < -0.4 is 9.47 Å². The van der Waals surface area contributed by atoms with Crippen LogP contribution in [0.4, 0.5) is 0 Å². The lowest BCUT2D eigenvalue weighted by molar-refractivity contribution is 0.174. The number of pyridine rings is 1. The van der Waals surface area contributed by atoms with E-state index in [2.05, 4.69) is 42.8 Å². The average Bonchev–Trinajstić information content (AvgIpc) is 3.21. The summed E-state index contributed by atoms with van der Waals surface area (Å²) in [7, 11) is 0. The normalized spacial score (nSPS) is 15.8. The molecule has 0 unspecified atom stereocenters. The summed E-state index contributed by atoms with van der Waals surface area (Å²) in [5.74, 6) is 2.49. The molecule has 0 N–H and O–H groups in total. The van der Waals surface area contributed by atoms with Crippen LogP contribution in [0.2, 0.25) is 0 Å². The fourth-order valence-electron chi connectivity index (χ4n) is 3.88. The molecule has 2 aliphatic heterocycles. The van der Waals surface area contributed by atoms with E-state index in [0.29, 0.717) is 0 Å². The van der Waals surface area contributed by atoms with Crippen LogP contribution in [0.15, 0.2) is 42.6 Å². The van der Waals surface area contributed by atoms with Crippen LogP contribution in [-0.2, 0) is 24.9 Å². The van der Waals surface area contributed by atoms with Gasteiger partial charge in [0.2, 0.25) is 6.79 Å². The molecule has 0 radical (unpaired) electrons. The highest BCUT2D eigenvalue weighted by Crippen LogP contribution is 2.35. The minimum atomic E-state index is -0.0226. The third kappa shape index (κ3) is 3.75. The molecule has 0 bridgehead atoms. The van der Waals surface area contributed by atoms with Crippen molar-refractivity contribution in [2.45, 2.75) is 45.7 Å². The van der Waals surface area contributed by atoms with Gasteiger partial charge in [0.15, 0.2) is 11.5 Å². The van der Waals surface area contributed by atoms with Crippen LogP contribution in [0.5, 0.6) is 11.5 Å². The van der Waals surface area contributed by atoms with Crippen molar-refractivity contribution in [1.82, 2.24) is 19.9 Å². The number of aromatic nitrogens is 3. The van der Waals surface area contributed by atoms with E-state index in [1.807, 2.05) is 30.5 Å². The first-order valence-electron chi connectivity index (χ1n) is 10.4. The van der Waals surface area contributed by atoms with Crippen molar-refractivity contribution < 1.29 is 9.47 Å². The van der Waals surface area contributed by atoms with E-state index in [1.54, 1.807) is 0 Å². The minimum Gasteiger partial charge on any atom is -0.454 e. The number of hydrogen-bond acceptors (Lipinski definition) is 6. The highest BCUT2D eigenvalue weighted by Gasteiger charge is 2.23. The first kappa shape index (κ1) is 19.0. The van der Waals surface area contributed by atoms with Gasteiger partial charge in [-0.05, 0) is 30.3 Å². The molecule has 0 saturated carbocycles. The van der Waals surface area contributed by atoms with Gasteiger partial charge in [-0.1, -0.05) is 26.8 Å². The van der Waals surface area contributed by atoms with Gasteiger partial charge in [-0.2, -0.15) is 0 Å². The molecule has 154 valence electrons. The van der Waals surface area contributed by atoms with Gasteiger partial charge < -0.3 is 9.47 Å². The van der Waals surface area contributed by atoms with E-state index in [4.69, 9.17) is 19.4 Å². The molecule has 1 aromatic carbocycles. The standard InChI is InChI=1S/C24H26N4O2/c1-24(2,3)23-25-12-17-13-28(10-9-20(17)27-23)14-18-5-4-6-19(26-18)16-7-8-21-22(11-16)30-15-29-21/h4-8,11-12H,9-10,13-15H2,1-3H3. The highest BCUT2D eigenvalue weighted by atomic mass is 16.7. The van der Waals surface area contributed by atoms with E-state index in [9.17, 15) is 0 Å². The molecule has 2 aromatic heterocycles. The molecule has 6 heteroatoms. The van der Waals surface area contributed by atoms with Crippen molar-refractivity contribution in [2.75, 3.05) is 13.3 Å². The van der Waals surface area contributed by atoms with E-state index in [1.165, 1.54) is 11.3 Å². The summed E-state index contributed by atoms with van der Waals surface area (Å²) >= 11 is 0. The van der Waals surface area contributed by atoms with Gasteiger partial charge in [0.1, 0.15) is 5.82 Å². The third-order valence-corrected chi connectivity index (χ3v) is 5.54. The summed E-state index contributed by atoms with van der Waals surface area (Å²) in [5, 5.41) is 0. The average molecular weight is 402 g/mol. The lowest BCUT2D eigenvalue weighted by Gasteiger charge is -2.29. The second-order valence-electron chi connectivity index (χ2n) is 8.96. The molecule has 0 atom stereocenters. The summed E-state index contributed by atoms with van der Waals surface area (Å²) in [4.78, 5) is 16.8. The summed E-state index contributed by atoms with van der Waals surface area (Å²) in [5.41, 5.74) is 5.43. The van der Waals surface area contributed by atoms with E-state index < -0.39 is 0 Å². The first-order valence-corrected chi connectivity index (χ1v) is 10.4. The summed E-state index contributed by atoms with van der Waals surface area (Å²) in [6, 6.07) is 12.2. The first-order chi connectivity index (χ1) is 14.5. The number of ether oxygens (including phenoxy) is 2. The Kier molecular flexibility index (Phi) is 4.66. The Morgan fingerprint density at radius 2 is 1.90 bits per heavy atom. The quantitative estimate of drug-likeness (QED) is 0.657. The SMILES string of the molecule is CC(C)(C)c1ncc2c(n1)CCN(Cc1cccc(-c3ccc4c(c3)OCO4)n1)C2. The van der Waals surface area contributed by atoms with Crippen LogP contribution in [0, 0.1) is 0 Å². The predicted octanol–water partition coefficient (Wildman–Crippen LogP) is 4.12. The monoisotopic (exact) mass is 402 g/mol. The highest BCUT2D eigenvalue weighted by molar-refractivity contribution is 5.64. The van der Waals surface area contributed by atoms with E-state index in [0.717, 1.165) is 60.3 Å². The van der Waals surface area contributed by atoms with Gasteiger partial charge in [0.05, 0.1) is 11.4 Å². The van der Waals surface area contributed by atoms with Crippen molar-refractivity contribution in [1.29, 1.82) is 0 Å². The zero-order valence-corrected chi connectivity index (χ0v) is 17.7. The molecule has 0 spiro atoms. The molecule has 0 amide bonds. The Balaban J connectivity index is 1.32. The van der Waals surface area contributed by atoms with Gasteiger partial charge in [0.25, 0.3) is 0 Å². The number of nitrogens with zero attached hydrogens (tertiary/aromatic N) is 4. The fourth-order valence-corrected chi connectivity index (χ4v) is 3.88. The second kappa shape index (κ2) is 7.36. The van der Waals surface area contributed by atoms with Crippen molar-refractivity contribution in [3.8, 4) is 22.8 Å². The number of benzene rings is 1. The number of hydrogen-bond donors (Lipinski definition) is 0.